The number of pyridine rings is 1. The van der Waals surface area contributed by atoms with Crippen molar-refractivity contribution < 1.29 is 8.78 Å². The molecule has 1 aliphatic rings. The van der Waals surface area contributed by atoms with Gasteiger partial charge in [0.2, 0.25) is 5.92 Å². The third-order valence-electron chi connectivity index (χ3n) is 2.50. The van der Waals surface area contributed by atoms with E-state index >= 15 is 0 Å². The van der Waals surface area contributed by atoms with Crippen molar-refractivity contribution in [1.29, 1.82) is 0 Å². The quantitative estimate of drug-likeness (QED) is 0.648. The van der Waals surface area contributed by atoms with Gasteiger partial charge in [-0.1, -0.05) is 12.1 Å². The fraction of sp³-hybridized carbons (Fsp3) is 0.500. The van der Waals surface area contributed by atoms with Crippen LogP contribution in [0.25, 0.3) is 0 Å². The topological polar surface area (TPSA) is 12.9 Å². The molecule has 0 bridgehead atoms. The first-order chi connectivity index (χ1) is 6.55. The standard InChI is InChI=1S/C10H10BF2N/c11-9-3-1-2-8(14-9)4-7-5-10(12,13)6-7/h1-3,7H,4-6H2. The van der Waals surface area contributed by atoms with E-state index in [0.717, 1.165) is 5.69 Å². The molecule has 0 aliphatic heterocycles. The van der Waals surface area contributed by atoms with Gasteiger partial charge in [-0.05, 0) is 24.0 Å². The Morgan fingerprint density at radius 3 is 2.71 bits per heavy atom. The van der Waals surface area contributed by atoms with E-state index in [4.69, 9.17) is 7.85 Å². The largest absolute Gasteiger partial charge is 0.269 e. The first kappa shape index (κ1) is 9.62. The van der Waals surface area contributed by atoms with Gasteiger partial charge in [0.1, 0.15) is 7.85 Å². The fourth-order valence-corrected chi connectivity index (χ4v) is 1.84. The molecule has 0 spiro atoms. The van der Waals surface area contributed by atoms with Crippen LogP contribution in [0.15, 0.2) is 18.2 Å². The maximum absolute atomic E-state index is 12.5. The zero-order valence-electron chi connectivity index (χ0n) is 7.71. The molecule has 0 aromatic carbocycles. The van der Waals surface area contributed by atoms with Gasteiger partial charge >= 0.3 is 0 Å². The van der Waals surface area contributed by atoms with Crippen LogP contribution in [0.1, 0.15) is 18.5 Å². The van der Waals surface area contributed by atoms with Gasteiger partial charge in [0.05, 0.1) is 0 Å². The molecule has 1 aliphatic carbocycles. The Bertz CT molecular complexity index is 333. The number of halogens is 2. The molecule has 2 rings (SSSR count). The van der Waals surface area contributed by atoms with E-state index in [1.165, 1.54) is 0 Å². The maximum atomic E-state index is 12.5. The average Bonchev–Trinajstić information content (AvgIpc) is 2.00. The fourth-order valence-electron chi connectivity index (χ4n) is 1.84. The van der Waals surface area contributed by atoms with Gasteiger partial charge in [-0.25, -0.2) is 8.78 Å². The molecule has 0 N–H and O–H groups in total. The van der Waals surface area contributed by atoms with Crippen molar-refractivity contribution >= 4 is 13.4 Å². The highest BCUT2D eigenvalue weighted by Gasteiger charge is 2.44. The molecule has 0 atom stereocenters. The molecule has 1 heterocycles. The maximum Gasteiger partial charge on any atom is 0.248 e. The average molecular weight is 193 g/mol. The summed E-state index contributed by atoms with van der Waals surface area (Å²) >= 11 is 0. The van der Waals surface area contributed by atoms with Crippen molar-refractivity contribution in [3.8, 4) is 0 Å². The first-order valence-electron chi connectivity index (χ1n) is 4.64. The third kappa shape index (κ3) is 2.11. The molecule has 4 heteroatoms. The van der Waals surface area contributed by atoms with Crippen molar-refractivity contribution in [2.45, 2.75) is 25.2 Å². The Hall–Kier alpha value is -0.925. The number of aromatic nitrogens is 1. The lowest BCUT2D eigenvalue weighted by atomic mass is 9.78. The summed E-state index contributed by atoms with van der Waals surface area (Å²) < 4.78 is 25.1. The van der Waals surface area contributed by atoms with E-state index in [2.05, 4.69) is 4.98 Å². The van der Waals surface area contributed by atoms with Crippen LogP contribution in [0.3, 0.4) is 0 Å². The van der Waals surface area contributed by atoms with Crippen molar-refractivity contribution in [3.63, 3.8) is 0 Å². The van der Waals surface area contributed by atoms with E-state index in [-0.39, 0.29) is 18.8 Å². The summed E-state index contributed by atoms with van der Waals surface area (Å²) in [5.74, 6) is -2.37. The first-order valence-corrected chi connectivity index (χ1v) is 4.64. The SMILES string of the molecule is [B]c1cccc(CC2CC(F)(F)C2)n1. The van der Waals surface area contributed by atoms with Crippen molar-refractivity contribution in [2.75, 3.05) is 0 Å². The Balaban J connectivity index is 1.93. The molecule has 72 valence electrons. The monoisotopic (exact) mass is 193 g/mol. The smallest absolute Gasteiger partial charge is 0.248 e. The molecular formula is C10H10BF2N. The summed E-state index contributed by atoms with van der Waals surface area (Å²) in [4.78, 5) is 4.08. The highest BCUT2D eigenvalue weighted by atomic mass is 19.3. The third-order valence-corrected chi connectivity index (χ3v) is 2.50. The van der Waals surface area contributed by atoms with Crippen LogP contribution in [0.2, 0.25) is 0 Å². The number of nitrogens with zero attached hydrogens (tertiary/aromatic N) is 1. The van der Waals surface area contributed by atoms with Gasteiger partial charge in [0.25, 0.3) is 0 Å². The van der Waals surface area contributed by atoms with E-state index in [0.29, 0.717) is 12.0 Å². The summed E-state index contributed by atoms with van der Waals surface area (Å²) in [6.45, 7) is 0. The van der Waals surface area contributed by atoms with Crippen LogP contribution < -0.4 is 5.59 Å². The predicted octanol–water partition coefficient (Wildman–Crippen LogP) is 1.46. The molecule has 0 saturated heterocycles. The number of hydrogen-bond acceptors (Lipinski definition) is 1. The molecule has 0 amide bonds. The molecule has 14 heavy (non-hydrogen) atoms. The van der Waals surface area contributed by atoms with Gasteiger partial charge in [0.15, 0.2) is 0 Å². The summed E-state index contributed by atoms with van der Waals surface area (Å²) in [7, 11) is 5.49. The molecule has 0 unspecified atom stereocenters. The lowest BCUT2D eigenvalue weighted by Crippen LogP contribution is -2.36. The van der Waals surface area contributed by atoms with E-state index < -0.39 is 5.92 Å². The Morgan fingerprint density at radius 2 is 2.14 bits per heavy atom. The van der Waals surface area contributed by atoms with Crippen molar-refractivity contribution in [1.82, 2.24) is 4.98 Å². The van der Waals surface area contributed by atoms with Gasteiger partial charge in [-0.2, -0.15) is 0 Å². The van der Waals surface area contributed by atoms with Crippen molar-refractivity contribution in [3.05, 3.63) is 23.9 Å². The normalized spacial score (nSPS) is 20.4. The number of rotatable bonds is 2. The molecule has 1 nitrogen and oxygen atoms in total. The lowest BCUT2D eigenvalue weighted by Gasteiger charge is -2.34. The summed E-state index contributed by atoms with van der Waals surface area (Å²) in [5, 5.41) is 0. The summed E-state index contributed by atoms with van der Waals surface area (Å²) in [6.07, 6.45) is 0.591. The van der Waals surface area contributed by atoms with Gasteiger partial charge in [-0.3, -0.25) is 4.98 Å². The lowest BCUT2D eigenvalue weighted by molar-refractivity contribution is -0.109. The molecule has 1 fully saturated rings. The van der Waals surface area contributed by atoms with Crippen LogP contribution in [0.5, 0.6) is 0 Å². The Kier molecular flexibility index (Phi) is 2.29. The van der Waals surface area contributed by atoms with Crippen LogP contribution in [-0.4, -0.2) is 18.8 Å². The van der Waals surface area contributed by atoms with Crippen LogP contribution in [-0.2, 0) is 6.42 Å². The molecule has 1 aromatic heterocycles. The second-order valence-corrected chi connectivity index (χ2v) is 3.89. The Labute approximate surface area is 83.0 Å². The molecule has 1 aromatic rings. The van der Waals surface area contributed by atoms with Crippen molar-refractivity contribution in [2.24, 2.45) is 5.92 Å². The molecule has 1 saturated carbocycles. The second kappa shape index (κ2) is 3.33. The summed E-state index contributed by atoms with van der Waals surface area (Å²) in [5.41, 5.74) is 1.26. The van der Waals surface area contributed by atoms with E-state index in [1.54, 1.807) is 12.1 Å². The zero-order chi connectivity index (χ0) is 10.2. The highest BCUT2D eigenvalue weighted by Crippen LogP contribution is 2.43. The number of hydrogen-bond donors (Lipinski definition) is 0. The zero-order valence-corrected chi connectivity index (χ0v) is 7.71. The van der Waals surface area contributed by atoms with E-state index in [1.807, 2.05) is 6.07 Å². The minimum atomic E-state index is -2.44. The van der Waals surface area contributed by atoms with Crippen LogP contribution >= 0.6 is 0 Å². The second-order valence-electron chi connectivity index (χ2n) is 3.89. The summed E-state index contributed by atoms with van der Waals surface area (Å²) in [6, 6.07) is 5.32. The predicted molar refractivity (Wildman–Crippen MR) is 51.0 cm³/mol. The van der Waals surface area contributed by atoms with E-state index in [9.17, 15) is 8.78 Å². The van der Waals surface area contributed by atoms with Crippen LogP contribution in [0, 0.1) is 5.92 Å². The highest BCUT2D eigenvalue weighted by molar-refractivity contribution is 6.30. The minimum absolute atomic E-state index is 0.0104. The van der Waals surface area contributed by atoms with Crippen LogP contribution in [0.4, 0.5) is 8.78 Å². The minimum Gasteiger partial charge on any atom is -0.269 e. The molecular weight excluding hydrogens is 183 g/mol. The van der Waals surface area contributed by atoms with Gasteiger partial charge in [0, 0.05) is 18.5 Å². The Morgan fingerprint density at radius 1 is 1.43 bits per heavy atom. The van der Waals surface area contributed by atoms with Gasteiger partial charge in [-0.15, -0.1) is 0 Å². The molecule has 2 radical (unpaired) electrons. The number of alkyl halides is 2. The van der Waals surface area contributed by atoms with Gasteiger partial charge < -0.3 is 0 Å².